The molecule has 0 spiro atoms. The van der Waals surface area contributed by atoms with E-state index in [1.165, 1.54) is 0 Å². The number of hydrogen-bond acceptors (Lipinski definition) is 3. The van der Waals surface area contributed by atoms with Gasteiger partial charge in [0.15, 0.2) is 0 Å². The second-order valence-corrected chi connectivity index (χ2v) is 3.23. The van der Waals surface area contributed by atoms with Gasteiger partial charge in [0.1, 0.15) is 5.69 Å². The minimum atomic E-state index is -3.21. The summed E-state index contributed by atoms with van der Waals surface area (Å²) in [6.07, 6.45) is -3.68. The van der Waals surface area contributed by atoms with E-state index in [4.69, 9.17) is 5.11 Å². The fourth-order valence-electron chi connectivity index (χ4n) is 1.37. The third-order valence-electron chi connectivity index (χ3n) is 2.14. The molecule has 2 aromatic heterocycles. The van der Waals surface area contributed by atoms with Crippen LogP contribution in [0.2, 0.25) is 0 Å². The summed E-state index contributed by atoms with van der Waals surface area (Å²) in [5, 5.41) is 12.3. The number of carboxylic acids is 1. The third-order valence-corrected chi connectivity index (χ3v) is 2.14. The first-order valence-corrected chi connectivity index (χ1v) is 4.49. The van der Waals surface area contributed by atoms with Crippen LogP contribution in [0.25, 0.3) is 10.9 Å². The SMILES string of the molecule is O=C(O)c1cc2cnn(C(F)C(F)F)c2cn1. The monoisotopic (exact) mass is 245 g/mol. The van der Waals surface area contributed by atoms with Crippen molar-refractivity contribution in [2.24, 2.45) is 0 Å². The van der Waals surface area contributed by atoms with Crippen molar-refractivity contribution in [3.8, 4) is 0 Å². The molecule has 0 aliphatic rings. The van der Waals surface area contributed by atoms with Crippen molar-refractivity contribution in [2.45, 2.75) is 12.7 Å². The molecule has 0 aromatic carbocycles. The minimum absolute atomic E-state index is 0.0165. The predicted molar refractivity (Wildman–Crippen MR) is 50.6 cm³/mol. The highest BCUT2D eigenvalue weighted by atomic mass is 19.3. The lowest BCUT2D eigenvalue weighted by atomic mass is 10.3. The zero-order valence-electron chi connectivity index (χ0n) is 8.22. The summed E-state index contributed by atoms with van der Waals surface area (Å²) in [7, 11) is 0. The lowest BCUT2D eigenvalue weighted by Gasteiger charge is -2.08. The summed E-state index contributed by atoms with van der Waals surface area (Å²) in [5.41, 5.74) is -0.243. The Labute approximate surface area is 92.5 Å². The molecule has 2 aromatic rings. The maximum atomic E-state index is 13.1. The molecule has 0 fully saturated rings. The fourth-order valence-corrected chi connectivity index (χ4v) is 1.37. The van der Waals surface area contributed by atoms with Gasteiger partial charge in [-0.2, -0.15) is 5.10 Å². The summed E-state index contributed by atoms with van der Waals surface area (Å²) in [6.45, 7) is 0. The van der Waals surface area contributed by atoms with Crippen LogP contribution < -0.4 is 0 Å². The van der Waals surface area contributed by atoms with Crippen molar-refractivity contribution in [3.05, 3.63) is 24.2 Å². The molecule has 1 atom stereocenters. The second kappa shape index (κ2) is 4.04. The first-order chi connectivity index (χ1) is 8.00. The number of carbonyl (C=O) groups is 1. The molecule has 0 radical (unpaired) electrons. The number of aromatic nitrogens is 3. The first-order valence-electron chi connectivity index (χ1n) is 4.49. The standard InChI is InChI=1S/C9H6F3N3O2/c10-7(11)8(12)15-6-3-13-5(9(16)17)1-4(6)2-14-15/h1-3,7-8H,(H,16,17). The molecule has 2 rings (SSSR count). The van der Waals surface area contributed by atoms with E-state index in [-0.39, 0.29) is 16.6 Å². The molecule has 8 heteroatoms. The number of pyridine rings is 1. The molecular formula is C9H6F3N3O2. The quantitative estimate of drug-likeness (QED) is 0.896. The van der Waals surface area contributed by atoms with Crippen LogP contribution >= 0.6 is 0 Å². The van der Waals surface area contributed by atoms with Gasteiger partial charge >= 0.3 is 5.97 Å². The molecule has 17 heavy (non-hydrogen) atoms. The predicted octanol–water partition coefficient (Wildman–Crippen LogP) is 1.86. The maximum Gasteiger partial charge on any atom is 0.354 e. The molecule has 1 N–H and O–H groups in total. The number of halogens is 3. The van der Waals surface area contributed by atoms with Gasteiger partial charge < -0.3 is 5.11 Å². The van der Waals surface area contributed by atoms with Gasteiger partial charge in [0.25, 0.3) is 12.7 Å². The number of alkyl halides is 3. The van der Waals surface area contributed by atoms with Crippen LogP contribution in [0.1, 0.15) is 16.8 Å². The van der Waals surface area contributed by atoms with Crippen molar-refractivity contribution < 1.29 is 23.1 Å². The molecule has 0 aliphatic heterocycles. The van der Waals surface area contributed by atoms with E-state index < -0.39 is 18.7 Å². The molecular weight excluding hydrogens is 239 g/mol. The number of hydrogen-bond donors (Lipinski definition) is 1. The number of fused-ring (bicyclic) bond motifs is 1. The number of aromatic carboxylic acids is 1. The highest BCUT2D eigenvalue weighted by Crippen LogP contribution is 2.23. The zero-order chi connectivity index (χ0) is 12.6. The van der Waals surface area contributed by atoms with Crippen LogP contribution in [-0.2, 0) is 0 Å². The summed E-state index contributed by atoms with van der Waals surface area (Å²) in [5.74, 6) is -1.26. The highest BCUT2D eigenvalue weighted by molar-refractivity contribution is 5.90. The van der Waals surface area contributed by atoms with Gasteiger partial charge in [-0.15, -0.1) is 0 Å². The molecule has 0 amide bonds. The van der Waals surface area contributed by atoms with Gasteiger partial charge in [0.2, 0.25) is 0 Å². The Balaban J connectivity index is 2.52. The van der Waals surface area contributed by atoms with E-state index in [0.717, 1.165) is 18.5 Å². The largest absolute Gasteiger partial charge is 0.477 e. The van der Waals surface area contributed by atoms with Crippen molar-refractivity contribution in [1.29, 1.82) is 0 Å². The Morgan fingerprint density at radius 3 is 2.65 bits per heavy atom. The first kappa shape index (κ1) is 11.4. The normalized spacial score (nSPS) is 13.2. The molecule has 0 aliphatic carbocycles. The average Bonchev–Trinajstić information content (AvgIpc) is 2.70. The Morgan fingerprint density at radius 2 is 2.06 bits per heavy atom. The van der Waals surface area contributed by atoms with Gasteiger partial charge in [-0.1, -0.05) is 0 Å². The van der Waals surface area contributed by atoms with Gasteiger partial charge in [0.05, 0.1) is 17.9 Å². The summed E-state index contributed by atoms with van der Waals surface area (Å²) < 4.78 is 37.9. The van der Waals surface area contributed by atoms with Crippen LogP contribution in [0, 0.1) is 0 Å². The molecule has 2 heterocycles. The fraction of sp³-hybridized carbons (Fsp3) is 0.222. The molecule has 0 saturated heterocycles. The van der Waals surface area contributed by atoms with E-state index in [9.17, 15) is 18.0 Å². The summed E-state index contributed by atoms with van der Waals surface area (Å²) in [6, 6.07) is 1.14. The van der Waals surface area contributed by atoms with Gasteiger partial charge in [-0.3, -0.25) is 0 Å². The van der Waals surface area contributed by atoms with E-state index in [1.54, 1.807) is 0 Å². The second-order valence-electron chi connectivity index (χ2n) is 3.23. The van der Waals surface area contributed by atoms with Gasteiger partial charge in [-0.05, 0) is 6.07 Å². The van der Waals surface area contributed by atoms with E-state index in [0.29, 0.717) is 4.68 Å². The Morgan fingerprint density at radius 1 is 1.35 bits per heavy atom. The highest BCUT2D eigenvalue weighted by Gasteiger charge is 2.24. The topological polar surface area (TPSA) is 68.0 Å². The Bertz CT molecular complexity index is 570. The molecule has 5 nitrogen and oxygen atoms in total. The van der Waals surface area contributed by atoms with E-state index >= 15 is 0 Å². The molecule has 0 saturated carbocycles. The lowest BCUT2D eigenvalue weighted by molar-refractivity contribution is 0.00341. The van der Waals surface area contributed by atoms with Crippen LogP contribution in [0.3, 0.4) is 0 Å². The Hall–Kier alpha value is -2.12. The van der Waals surface area contributed by atoms with Gasteiger partial charge in [-0.25, -0.2) is 27.6 Å². The molecule has 0 bridgehead atoms. The van der Waals surface area contributed by atoms with Gasteiger partial charge in [0, 0.05) is 5.39 Å². The minimum Gasteiger partial charge on any atom is -0.477 e. The van der Waals surface area contributed by atoms with Crippen LogP contribution in [0.15, 0.2) is 18.5 Å². The van der Waals surface area contributed by atoms with Crippen molar-refractivity contribution in [3.63, 3.8) is 0 Å². The van der Waals surface area contributed by atoms with Crippen LogP contribution in [0.4, 0.5) is 13.2 Å². The third kappa shape index (κ3) is 1.93. The van der Waals surface area contributed by atoms with Crippen molar-refractivity contribution >= 4 is 16.9 Å². The van der Waals surface area contributed by atoms with E-state index in [2.05, 4.69) is 10.1 Å². The summed E-state index contributed by atoms with van der Waals surface area (Å²) in [4.78, 5) is 14.1. The number of carboxylic acid groups (broad SMARTS) is 1. The maximum absolute atomic E-state index is 13.1. The van der Waals surface area contributed by atoms with Crippen molar-refractivity contribution in [2.75, 3.05) is 0 Å². The zero-order valence-corrected chi connectivity index (χ0v) is 8.22. The Kier molecular flexibility index (Phi) is 2.70. The average molecular weight is 245 g/mol. The van der Waals surface area contributed by atoms with Crippen molar-refractivity contribution in [1.82, 2.24) is 14.8 Å². The number of nitrogens with zero attached hydrogens (tertiary/aromatic N) is 3. The smallest absolute Gasteiger partial charge is 0.354 e. The lowest BCUT2D eigenvalue weighted by Crippen LogP contribution is -2.13. The van der Waals surface area contributed by atoms with Crippen LogP contribution in [0.5, 0.6) is 0 Å². The summed E-state index contributed by atoms with van der Waals surface area (Å²) >= 11 is 0. The van der Waals surface area contributed by atoms with E-state index in [1.807, 2.05) is 0 Å². The molecule has 90 valence electrons. The number of rotatable bonds is 3. The van der Waals surface area contributed by atoms with Crippen LogP contribution in [-0.4, -0.2) is 32.3 Å². The molecule has 1 unspecified atom stereocenters.